The summed E-state index contributed by atoms with van der Waals surface area (Å²) < 4.78 is 10.3. The lowest BCUT2D eigenvalue weighted by atomic mass is 9.89. The Kier molecular flexibility index (Phi) is 23.2. The molecule has 0 heterocycles. The molecule has 8 nitrogen and oxygen atoms in total. The third-order valence-corrected chi connectivity index (χ3v) is 8.26. The van der Waals surface area contributed by atoms with Gasteiger partial charge in [-0.2, -0.15) is 0 Å². The number of carbonyl (C=O) groups is 4. The van der Waals surface area contributed by atoms with E-state index in [1.54, 1.807) is 24.3 Å². The van der Waals surface area contributed by atoms with E-state index in [2.05, 4.69) is 13.8 Å². The zero-order valence-electron chi connectivity index (χ0n) is 30.0. The fourth-order valence-corrected chi connectivity index (χ4v) is 5.42. The monoisotopic (exact) mass is 668 g/mol. The van der Waals surface area contributed by atoms with E-state index in [0.29, 0.717) is 19.6 Å². The van der Waals surface area contributed by atoms with E-state index < -0.39 is 23.9 Å². The van der Waals surface area contributed by atoms with Crippen molar-refractivity contribution in [2.75, 3.05) is 13.2 Å². The topological polar surface area (TPSA) is 127 Å². The molecule has 0 aliphatic rings. The molecule has 2 aromatic carbocycles. The van der Waals surface area contributed by atoms with Gasteiger partial charge in [0.15, 0.2) is 0 Å². The third kappa shape index (κ3) is 16.4. The zero-order chi connectivity index (χ0) is 35.6. The molecule has 0 amide bonds. The van der Waals surface area contributed by atoms with Crippen LogP contribution in [0.3, 0.4) is 0 Å². The predicted octanol–water partition coefficient (Wildman–Crippen LogP) is 10.5. The Morgan fingerprint density at radius 2 is 0.938 bits per heavy atom. The quantitative estimate of drug-likeness (QED) is 0.0835. The summed E-state index contributed by atoms with van der Waals surface area (Å²) in [5, 5.41) is 19.1. The maximum Gasteiger partial charge on any atom is 0.339 e. The van der Waals surface area contributed by atoms with Gasteiger partial charge < -0.3 is 19.7 Å². The van der Waals surface area contributed by atoms with Crippen LogP contribution in [0.1, 0.15) is 183 Å². The van der Waals surface area contributed by atoms with Crippen molar-refractivity contribution in [1.29, 1.82) is 0 Å². The van der Waals surface area contributed by atoms with Gasteiger partial charge in [-0.05, 0) is 67.9 Å². The summed E-state index contributed by atoms with van der Waals surface area (Å²) in [6.45, 7) is 9.17. The second-order valence-corrected chi connectivity index (χ2v) is 12.3. The van der Waals surface area contributed by atoms with E-state index in [1.807, 2.05) is 19.9 Å². The lowest BCUT2D eigenvalue weighted by Gasteiger charge is -2.15. The number of carboxylic acid groups (broad SMARTS) is 2. The first-order valence-electron chi connectivity index (χ1n) is 18.3. The Morgan fingerprint density at radius 3 is 1.38 bits per heavy atom. The molecule has 0 atom stereocenters. The van der Waals surface area contributed by atoms with Crippen molar-refractivity contribution in [1.82, 2.24) is 0 Å². The van der Waals surface area contributed by atoms with Crippen LogP contribution in [0, 0.1) is 0 Å². The highest BCUT2D eigenvalue weighted by Crippen LogP contribution is 2.25. The number of aromatic carboxylic acids is 2. The molecule has 2 aromatic rings. The van der Waals surface area contributed by atoms with Gasteiger partial charge in [-0.15, -0.1) is 0 Å². The molecule has 0 bridgehead atoms. The van der Waals surface area contributed by atoms with Crippen molar-refractivity contribution in [2.24, 2.45) is 0 Å². The number of carbonyl (C=O) groups excluding carboxylic acids is 2. The summed E-state index contributed by atoms with van der Waals surface area (Å²) in [5.74, 6) is -3.22. The number of esters is 2. The van der Waals surface area contributed by atoms with E-state index in [1.165, 1.54) is 51.0 Å². The second kappa shape index (κ2) is 26.3. The van der Waals surface area contributed by atoms with Crippen molar-refractivity contribution in [3.63, 3.8) is 0 Å². The van der Waals surface area contributed by atoms with Gasteiger partial charge >= 0.3 is 23.9 Å². The first-order chi connectivity index (χ1) is 23.2. The maximum absolute atomic E-state index is 11.9. The van der Waals surface area contributed by atoms with Gasteiger partial charge in [0.2, 0.25) is 0 Å². The zero-order valence-corrected chi connectivity index (χ0v) is 30.0. The van der Waals surface area contributed by atoms with Gasteiger partial charge in [0.05, 0.1) is 35.5 Å². The molecule has 0 fully saturated rings. The van der Waals surface area contributed by atoms with Gasteiger partial charge in [-0.1, -0.05) is 123 Å². The van der Waals surface area contributed by atoms with Gasteiger partial charge in [-0.25, -0.2) is 19.2 Å². The molecule has 48 heavy (non-hydrogen) atoms. The fraction of sp³-hybridized carbons (Fsp3) is 0.600. The normalized spacial score (nSPS) is 10.6. The highest BCUT2D eigenvalue weighted by molar-refractivity contribution is 6.03. The highest BCUT2D eigenvalue weighted by Gasteiger charge is 2.22. The van der Waals surface area contributed by atoms with Crippen LogP contribution >= 0.6 is 0 Å². The van der Waals surface area contributed by atoms with Crippen LogP contribution in [-0.2, 0) is 22.3 Å². The summed E-state index contributed by atoms with van der Waals surface area (Å²) in [7, 11) is 0. The van der Waals surface area contributed by atoms with Crippen molar-refractivity contribution in [3.05, 3.63) is 69.8 Å². The third-order valence-electron chi connectivity index (χ3n) is 8.26. The highest BCUT2D eigenvalue weighted by atomic mass is 16.5. The van der Waals surface area contributed by atoms with Crippen molar-refractivity contribution >= 4 is 23.9 Å². The van der Waals surface area contributed by atoms with Crippen molar-refractivity contribution in [2.45, 2.75) is 143 Å². The second-order valence-electron chi connectivity index (χ2n) is 12.3. The molecular weight excluding hydrogens is 608 g/mol. The SMILES string of the molecule is CCCCCCCCc1ccc(C(=O)O)c(C(=O)O)c1CCCCCCCC.CCCCOC(=O)c1ccccc1C(=O)OCCCC. The summed E-state index contributed by atoms with van der Waals surface area (Å²) in [6.07, 6.45) is 18.9. The molecule has 2 rings (SSSR count). The standard InChI is InChI=1S/C24H38O4.C16H22O4/c1-3-5-7-9-11-13-15-19-17-18-21(23(25)26)22(24(27)28)20(19)16-14-12-10-8-6-4-2;1-3-5-11-19-15(17)13-9-7-8-10-14(13)16(18)20-12-6-4-2/h17-18H,3-16H2,1-2H3,(H,25,26)(H,27,28);7-10H,3-6,11-12H2,1-2H3. The van der Waals surface area contributed by atoms with Crippen molar-refractivity contribution < 1.29 is 38.9 Å². The number of rotatable bonds is 24. The molecule has 0 saturated heterocycles. The Morgan fingerprint density at radius 1 is 0.500 bits per heavy atom. The van der Waals surface area contributed by atoms with Crippen LogP contribution in [0.2, 0.25) is 0 Å². The van der Waals surface area contributed by atoms with Gasteiger partial charge in [0.25, 0.3) is 0 Å². The van der Waals surface area contributed by atoms with Crippen LogP contribution in [0.4, 0.5) is 0 Å². The maximum atomic E-state index is 11.9. The largest absolute Gasteiger partial charge is 0.478 e. The van der Waals surface area contributed by atoms with Crippen LogP contribution in [-0.4, -0.2) is 47.3 Å². The number of unbranched alkanes of at least 4 members (excludes halogenated alkanes) is 12. The van der Waals surface area contributed by atoms with E-state index in [9.17, 15) is 29.4 Å². The summed E-state index contributed by atoms with van der Waals surface area (Å²) >= 11 is 0. The number of hydrogen-bond acceptors (Lipinski definition) is 6. The van der Waals surface area contributed by atoms with Crippen LogP contribution in [0.5, 0.6) is 0 Å². The molecule has 0 radical (unpaired) electrons. The van der Waals surface area contributed by atoms with Gasteiger partial charge in [0, 0.05) is 0 Å². The summed E-state index contributed by atoms with van der Waals surface area (Å²) in [6, 6.07) is 9.91. The molecule has 268 valence electrons. The number of aryl methyl sites for hydroxylation is 1. The Bertz CT molecular complexity index is 1190. The van der Waals surface area contributed by atoms with Crippen LogP contribution in [0.15, 0.2) is 36.4 Å². The molecule has 8 heteroatoms. The summed E-state index contributed by atoms with van der Waals surface area (Å²) in [5.41, 5.74) is 2.22. The average Bonchev–Trinajstić information content (AvgIpc) is 3.08. The molecule has 0 spiro atoms. The first kappa shape index (κ1) is 42.3. The van der Waals surface area contributed by atoms with E-state index >= 15 is 0 Å². The minimum absolute atomic E-state index is 0.00420. The van der Waals surface area contributed by atoms with Gasteiger partial charge in [0.1, 0.15) is 0 Å². The number of carboxylic acids is 2. The van der Waals surface area contributed by atoms with Crippen LogP contribution in [0.25, 0.3) is 0 Å². The molecule has 0 aliphatic carbocycles. The Balaban J connectivity index is 0.000000507. The van der Waals surface area contributed by atoms with E-state index in [0.717, 1.165) is 75.3 Å². The molecular formula is C40H60O8. The Labute approximate surface area is 288 Å². The fourth-order valence-electron chi connectivity index (χ4n) is 5.42. The number of benzene rings is 2. The number of ether oxygens (including phenoxy) is 2. The van der Waals surface area contributed by atoms with Gasteiger partial charge in [-0.3, -0.25) is 0 Å². The Hall–Kier alpha value is -3.68. The lowest BCUT2D eigenvalue weighted by molar-refractivity contribution is 0.0452. The van der Waals surface area contributed by atoms with Crippen molar-refractivity contribution in [3.8, 4) is 0 Å². The first-order valence-corrected chi connectivity index (χ1v) is 18.3. The molecule has 0 aromatic heterocycles. The molecule has 0 aliphatic heterocycles. The predicted molar refractivity (Wildman–Crippen MR) is 191 cm³/mol. The molecule has 0 saturated carbocycles. The average molecular weight is 669 g/mol. The van der Waals surface area contributed by atoms with E-state index in [4.69, 9.17) is 9.47 Å². The van der Waals surface area contributed by atoms with Crippen LogP contribution < -0.4 is 0 Å². The minimum atomic E-state index is -1.16. The lowest BCUT2D eigenvalue weighted by Crippen LogP contribution is -2.14. The molecule has 0 unspecified atom stereocenters. The summed E-state index contributed by atoms with van der Waals surface area (Å²) in [4.78, 5) is 47.3. The molecule has 2 N–H and O–H groups in total. The minimum Gasteiger partial charge on any atom is -0.478 e. The smallest absolute Gasteiger partial charge is 0.339 e. The van der Waals surface area contributed by atoms with E-state index in [-0.39, 0.29) is 22.3 Å². The number of hydrogen-bond donors (Lipinski definition) is 2.